The molecule has 2 aliphatic rings. The van der Waals surface area contributed by atoms with Gasteiger partial charge in [-0.3, -0.25) is 0 Å². The highest BCUT2D eigenvalue weighted by atomic mass is 16.5. The van der Waals surface area contributed by atoms with Crippen LogP contribution in [0.3, 0.4) is 0 Å². The van der Waals surface area contributed by atoms with Crippen molar-refractivity contribution in [2.45, 2.75) is 44.4 Å². The van der Waals surface area contributed by atoms with E-state index in [9.17, 15) is 0 Å². The lowest BCUT2D eigenvalue weighted by molar-refractivity contribution is 0.116. The summed E-state index contributed by atoms with van der Waals surface area (Å²) in [6.45, 7) is 2.77. The summed E-state index contributed by atoms with van der Waals surface area (Å²) in [5.74, 6) is 1.09. The van der Waals surface area contributed by atoms with E-state index in [-0.39, 0.29) is 0 Å². The molecule has 1 aromatic heterocycles. The molecule has 2 fully saturated rings. The van der Waals surface area contributed by atoms with Gasteiger partial charge in [0.2, 0.25) is 0 Å². The first-order valence-corrected chi connectivity index (χ1v) is 7.33. The van der Waals surface area contributed by atoms with Crippen molar-refractivity contribution < 1.29 is 4.74 Å². The zero-order chi connectivity index (χ0) is 13.1. The van der Waals surface area contributed by atoms with E-state index in [1.54, 1.807) is 0 Å². The smallest absolute Gasteiger partial charge is 0.132 e. The normalized spacial score (nSPS) is 22.7. The van der Waals surface area contributed by atoms with Crippen molar-refractivity contribution in [2.24, 2.45) is 0 Å². The Kier molecular flexibility index (Phi) is 3.99. The van der Waals surface area contributed by atoms with Crippen LogP contribution in [0, 0.1) is 0 Å². The number of aromatic nitrogens is 1. The van der Waals surface area contributed by atoms with Crippen LogP contribution >= 0.6 is 0 Å². The predicted molar refractivity (Wildman–Crippen MR) is 76.3 cm³/mol. The number of hydrogen-bond acceptors (Lipinski definition) is 4. The van der Waals surface area contributed by atoms with Crippen molar-refractivity contribution in [1.29, 1.82) is 0 Å². The minimum Gasteiger partial charge on any atom is -0.376 e. The summed E-state index contributed by atoms with van der Waals surface area (Å²) in [7, 11) is 2.12. The summed E-state index contributed by atoms with van der Waals surface area (Å²) < 4.78 is 5.71. The van der Waals surface area contributed by atoms with Crippen LogP contribution in [0.5, 0.6) is 0 Å². The van der Waals surface area contributed by atoms with Crippen molar-refractivity contribution >= 4 is 5.82 Å². The summed E-state index contributed by atoms with van der Waals surface area (Å²) in [6.07, 6.45) is 7.25. The van der Waals surface area contributed by atoms with Crippen LogP contribution in [0.25, 0.3) is 0 Å². The highest BCUT2D eigenvalue weighted by molar-refractivity contribution is 5.46. The summed E-state index contributed by atoms with van der Waals surface area (Å²) in [5.41, 5.74) is 1.29. The second-order valence-electron chi connectivity index (χ2n) is 5.66. The molecule has 1 aromatic rings. The van der Waals surface area contributed by atoms with Crippen LogP contribution in [-0.2, 0) is 11.3 Å². The monoisotopic (exact) mass is 261 g/mol. The van der Waals surface area contributed by atoms with Crippen molar-refractivity contribution in [1.82, 2.24) is 10.3 Å². The predicted octanol–water partition coefficient (Wildman–Crippen LogP) is 1.95. The molecule has 0 amide bonds. The lowest BCUT2D eigenvalue weighted by atomic mass is 10.2. The summed E-state index contributed by atoms with van der Waals surface area (Å²) in [6, 6.07) is 4.92. The fourth-order valence-corrected chi connectivity index (χ4v) is 2.63. The van der Waals surface area contributed by atoms with Gasteiger partial charge in [-0.25, -0.2) is 4.98 Å². The minimum atomic E-state index is 0.372. The standard InChI is InChI=1S/C15H23N3O/c1-18(11-14-5-3-9-19-14)15-12(4-2-8-16-15)10-17-13-6-7-13/h2,4,8,13-14,17H,3,5-7,9-11H2,1H3. The van der Waals surface area contributed by atoms with Crippen LogP contribution < -0.4 is 10.2 Å². The van der Waals surface area contributed by atoms with E-state index < -0.39 is 0 Å². The minimum absolute atomic E-state index is 0.372. The van der Waals surface area contributed by atoms with E-state index in [0.29, 0.717) is 6.10 Å². The summed E-state index contributed by atoms with van der Waals surface area (Å²) >= 11 is 0. The lowest BCUT2D eigenvalue weighted by Crippen LogP contribution is -2.30. The molecular weight excluding hydrogens is 238 g/mol. The molecule has 4 heteroatoms. The molecule has 19 heavy (non-hydrogen) atoms. The topological polar surface area (TPSA) is 37.4 Å². The molecule has 0 aromatic carbocycles. The van der Waals surface area contributed by atoms with Gasteiger partial charge >= 0.3 is 0 Å². The van der Waals surface area contributed by atoms with Gasteiger partial charge in [-0.05, 0) is 31.7 Å². The summed E-state index contributed by atoms with van der Waals surface area (Å²) in [4.78, 5) is 6.79. The maximum absolute atomic E-state index is 5.71. The van der Waals surface area contributed by atoms with Gasteiger partial charge in [0.1, 0.15) is 5.82 Å². The van der Waals surface area contributed by atoms with E-state index in [2.05, 4.69) is 28.3 Å². The first-order chi connectivity index (χ1) is 9.33. The van der Waals surface area contributed by atoms with Gasteiger partial charge in [-0.2, -0.15) is 0 Å². The molecule has 1 unspecified atom stereocenters. The van der Waals surface area contributed by atoms with Crippen LogP contribution in [0.4, 0.5) is 5.82 Å². The first kappa shape index (κ1) is 12.9. The Hall–Kier alpha value is -1.13. The van der Waals surface area contributed by atoms with Crippen LogP contribution in [0.2, 0.25) is 0 Å². The van der Waals surface area contributed by atoms with Crippen LogP contribution in [0.15, 0.2) is 18.3 Å². The quantitative estimate of drug-likeness (QED) is 0.849. The van der Waals surface area contributed by atoms with Crippen molar-refractivity contribution in [3.8, 4) is 0 Å². The van der Waals surface area contributed by atoms with Gasteiger partial charge in [-0.1, -0.05) is 6.07 Å². The maximum Gasteiger partial charge on any atom is 0.132 e. The molecule has 3 rings (SSSR count). The Balaban J connectivity index is 1.63. The molecule has 0 spiro atoms. The largest absolute Gasteiger partial charge is 0.376 e. The Labute approximate surface area is 115 Å². The van der Waals surface area contributed by atoms with Gasteiger partial charge in [0.05, 0.1) is 6.10 Å². The van der Waals surface area contributed by atoms with Gasteiger partial charge in [0, 0.05) is 44.5 Å². The zero-order valence-electron chi connectivity index (χ0n) is 11.6. The van der Waals surface area contributed by atoms with Crippen molar-refractivity contribution in [3.63, 3.8) is 0 Å². The summed E-state index contributed by atoms with van der Waals surface area (Å²) in [5, 5.41) is 3.56. The number of rotatable bonds is 6. The fraction of sp³-hybridized carbons (Fsp3) is 0.667. The number of likely N-dealkylation sites (N-methyl/N-ethyl adjacent to an activating group) is 1. The highest BCUT2D eigenvalue weighted by Crippen LogP contribution is 2.22. The molecular formula is C15H23N3O. The van der Waals surface area contributed by atoms with E-state index in [0.717, 1.165) is 31.6 Å². The molecule has 1 N–H and O–H groups in total. The Bertz CT molecular complexity index is 414. The van der Waals surface area contributed by atoms with E-state index in [1.807, 2.05) is 12.3 Å². The van der Waals surface area contributed by atoms with E-state index >= 15 is 0 Å². The molecule has 4 nitrogen and oxygen atoms in total. The number of anilines is 1. The Morgan fingerprint density at radius 3 is 3.05 bits per heavy atom. The van der Waals surface area contributed by atoms with Gasteiger partial charge in [0.25, 0.3) is 0 Å². The second-order valence-corrected chi connectivity index (χ2v) is 5.66. The van der Waals surface area contributed by atoms with E-state index in [4.69, 9.17) is 4.74 Å². The Morgan fingerprint density at radius 2 is 2.32 bits per heavy atom. The van der Waals surface area contributed by atoms with E-state index in [1.165, 1.54) is 31.2 Å². The fourth-order valence-electron chi connectivity index (χ4n) is 2.63. The lowest BCUT2D eigenvalue weighted by Gasteiger charge is -2.24. The van der Waals surface area contributed by atoms with Gasteiger partial charge in [-0.15, -0.1) is 0 Å². The third-order valence-electron chi connectivity index (χ3n) is 3.89. The number of hydrogen-bond donors (Lipinski definition) is 1. The maximum atomic E-state index is 5.71. The van der Waals surface area contributed by atoms with Crippen LogP contribution in [0.1, 0.15) is 31.2 Å². The second kappa shape index (κ2) is 5.88. The molecule has 1 saturated heterocycles. The molecule has 1 saturated carbocycles. The van der Waals surface area contributed by atoms with Gasteiger partial charge in [0.15, 0.2) is 0 Å². The average Bonchev–Trinajstić information content (AvgIpc) is 3.13. The first-order valence-electron chi connectivity index (χ1n) is 7.33. The van der Waals surface area contributed by atoms with Crippen molar-refractivity contribution in [3.05, 3.63) is 23.9 Å². The van der Waals surface area contributed by atoms with Gasteiger partial charge < -0.3 is 15.0 Å². The highest BCUT2D eigenvalue weighted by Gasteiger charge is 2.22. The molecule has 1 aliphatic heterocycles. The number of nitrogens with one attached hydrogen (secondary N) is 1. The SMILES string of the molecule is CN(CC1CCCO1)c1ncccc1CNC1CC1. The average molecular weight is 261 g/mol. The molecule has 0 radical (unpaired) electrons. The third kappa shape index (κ3) is 3.45. The molecule has 1 atom stereocenters. The number of ether oxygens (including phenoxy) is 1. The molecule has 104 valence electrons. The Morgan fingerprint density at radius 1 is 1.42 bits per heavy atom. The molecule has 0 bridgehead atoms. The van der Waals surface area contributed by atoms with Crippen LogP contribution in [-0.4, -0.2) is 37.3 Å². The number of pyridine rings is 1. The zero-order valence-corrected chi connectivity index (χ0v) is 11.6. The molecule has 1 aliphatic carbocycles. The molecule has 2 heterocycles. The third-order valence-corrected chi connectivity index (χ3v) is 3.89. The number of nitrogens with zero attached hydrogens (tertiary/aromatic N) is 2. The van der Waals surface area contributed by atoms with Crippen molar-refractivity contribution in [2.75, 3.05) is 25.1 Å².